The summed E-state index contributed by atoms with van der Waals surface area (Å²) < 4.78 is 0. The summed E-state index contributed by atoms with van der Waals surface area (Å²) in [5, 5.41) is 2.05. The molecule has 1 rings (SSSR count). The molecule has 0 radical (unpaired) electrons. The van der Waals surface area contributed by atoms with Crippen LogP contribution in [0.1, 0.15) is 25.1 Å². The molecular formula is C14H17N. The third kappa shape index (κ3) is 2.38. The lowest BCUT2D eigenvalue weighted by atomic mass is 10.1. The van der Waals surface area contributed by atoms with E-state index in [2.05, 4.69) is 30.3 Å². The molecule has 15 heavy (non-hydrogen) atoms. The highest BCUT2D eigenvalue weighted by atomic mass is 14.7. The molecule has 78 valence electrons. The zero-order valence-corrected chi connectivity index (χ0v) is 9.38. The van der Waals surface area contributed by atoms with Crippen LogP contribution >= 0.6 is 0 Å². The van der Waals surface area contributed by atoms with E-state index < -0.39 is 0 Å². The Hall–Kier alpha value is -1.76. The number of aromatic nitrogens is 1. The Morgan fingerprint density at radius 2 is 1.93 bits per heavy atom. The predicted octanol–water partition coefficient (Wildman–Crippen LogP) is 2.46. The fraction of sp³-hybridized carbons (Fsp3) is 0.143. The number of allylic oxidation sites excluding steroid dienone is 3. The standard InChI is InChI=1S/C14H17N/c1-5-8-10-12-11(4)15-14(7-3)13(12)9-6-2/h5-10,15H,3-4H2,1-2H3/b8-5-,9-6-,12-10+. The lowest BCUT2D eigenvalue weighted by Crippen LogP contribution is -2.21. The van der Waals surface area contributed by atoms with Crippen LogP contribution in [0.4, 0.5) is 0 Å². The van der Waals surface area contributed by atoms with Crippen molar-refractivity contribution in [3.05, 3.63) is 46.6 Å². The maximum atomic E-state index is 3.98. The topological polar surface area (TPSA) is 15.8 Å². The van der Waals surface area contributed by atoms with Crippen molar-refractivity contribution in [3.8, 4) is 0 Å². The van der Waals surface area contributed by atoms with Gasteiger partial charge < -0.3 is 4.98 Å². The van der Waals surface area contributed by atoms with E-state index in [9.17, 15) is 0 Å². The molecule has 1 aromatic heterocycles. The summed E-state index contributed by atoms with van der Waals surface area (Å²) >= 11 is 0. The van der Waals surface area contributed by atoms with Crippen LogP contribution in [-0.2, 0) is 0 Å². The molecule has 0 aliphatic heterocycles. The van der Waals surface area contributed by atoms with E-state index in [0.717, 1.165) is 21.8 Å². The van der Waals surface area contributed by atoms with E-state index in [1.165, 1.54) is 0 Å². The maximum absolute atomic E-state index is 3.98. The molecule has 0 aliphatic rings. The van der Waals surface area contributed by atoms with E-state index in [-0.39, 0.29) is 0 Å². The maximum Gasteiger partial charge on any atom is 0.0458 e. The first-order chi connectivity index (χ1) is 7.24. The van der Waals surface area contributed by atoms with Crippen LogP contribution in [0.2, 0.25) is 0 Å². The third-order valence-corrected chi connectivity index (χ3v) is 2.18. The van der Waals surface area contributed by atoms with E-state index in [0.29, 0.717) is 0 Å². The second kappa shape index (κ2) is 5.20. The normalized spacial score (nSPS) is 13.1. The quantitative estimate of drug-likeness (QED) is 0.769. The van der Waals surface area contributed by atoms with Crippen LogP contribution in [0.3, 0.4) is 0 Å². The van der Waals surface area contributed by atoms with E-state index in [1.807, 2.05) is 38.2 Å². The second-order valence-corrected chi connectivity index (χ2v) is 3.24. The monoisotopic (exact) mass is 199 g/mol. The minimum absolute atomic E-state index is 0.927. The number of hydrogen-bond donors (Lipinski definition) is 1. The Balaban J connectivity index is 3.55. The van der Waals surface area contributed by atoms with Crippen LogP contribution in [-0.4, -0.2) is 4.98 Å². The van der Waals surface area contributed by atoms with Gasteiger partial charge in [-0.25, -0.2) is 0 Å². The predicted molar refractivity (Wildman–Crippen MR) is 69.6 cm³/mol. The molecule has 1 heteroatoms. The first-order valence-corrected chi connectivity index (χ1v) is 5.03. The molecule has 1 aromatic rings. The Bertz CT molecular complexity index is 498. The van der Waals surface area contributed by atoms with Gasteiger partial charge in [-0.3, -0.25) is 0 Å². The summed E-state index contributed by atoms with van der Waals surface area (Å²) in [5.41, 5.74) is 2.17. The summed E-state index contributed by atoms with van der Waals surface area (Å²) in [6.07, 6.45) is 12.0. The van der Waals surface area contributed by atoms with Crippen LogP contribution in [0.15, 0.2) is 24.8 Å². The van der Waals surface area contributed by atoms with Crippen LogP contribution in [0, 0.1) is 0 Å². The third-order valence-electron chi connectivity index (χ3n) is 2.18. The fourth-order valence-electron chi connectivity index (χ4n) is 1.49. The highest BCUT2D eigenvalue weighted by Crippen LogP contribution is 2.02. The Labute approximate surface area is 90.8 Å². The Kier molecular flexibility index (Phi) is 3.92. The lowest BCUT2D eigenvalue weighted by Gasteiger charge is -1.90. The lowest BCUT2D eigenvalue weighted by molar-refractivity contribution is 1.30. The molecule has 0 atom stereocenters. The number of nitrogens with one attached hydrogen (secondary N) is 1. The van der Waals surface area contributed by atoms with Gasteiger partial charge in [0, 0.05) is 21.8 Å². The minimum Gasteiger partial charge on any atom is -0.355 e. The molecule has 0 amide bonds. The molecule has 0 unspecified atom stereocenters. The molecule has 0 bridgehead atoms. The SMILES string of the molecule is C=Cc1[nH]c(=C)/c(=C\C=C/C)c1/C=C\C. The van der Waals surface area contributed by atoms with Gasteiger partial charge in [0.15, 0.2) is 0 Å². The summed E-state index contributed by atoms with van der Waals surface area (Å²) in [5.74, 6) is 0. The van der Waals surface area contributed by atoms with Gasteiger partial charge in [0.25, 0.3) is 0 Å². The molecule has 0 aromatic carbocycles. The zero-order valence-electron chi connectivity index (χ0n) is 9.38. The number of H-pyrrole nitrogens is 1. The van der Waals surface area contributed by atoms with Gasteiger partial charge >= 0.3 is 0 Å². The van der Waals surface area contributed by atoms with Crippen LogP contribution < -0.4 is 10.6 Å². The van der Waals surface area contributed by atoms with Gasteiger partial charge in [0.05, 0.1) is 0 Å². The van der Waals surface area contributed by atoms with E-state index in [1.54, 1.807) is 0 Å². The molecule has 0 aliphatic carbocycles. The average molecular weight is 199 g/mol. The van der Waals surface area contributed by atoms with Crippen molar-refractivity contribution < 1.29 is 0 Å². The van der Waals surface area contributed by atoms with Crippen molar-refractivity contribution in [1.82, 2.24) is 4.98 Å². The number of rotatable bonds is 3. The molecule has 0 fully saturated rings. The fourth-order valence-corrected chi connectivity index (χ4v) is 1.49. The molecule has 1 N–H and O–H groups in total. The Morgan fingerprint density at radius 1 is 1.20 bits per heavy atom. The average Bonchev–Trinajstić information content (AvgIpc) is 2.53. The summed E-state index contributed by atoms with van der Waals surface area (Å²) in [4.78, 5) is 3.21. The highest BCUT2D eigenvalue weighted by Gasteiger charge is 2.00. The van der Waals surface area contributed by atoms with Crippen molar-refractivity contribution in [3.63, 3.8) is 0 Å². The zero-order chi connectivity index (χ0) is 11.3. The van der Waals surface area contributed by atoms with Gasteiger partial charge in [0.2, 0.25) is 0 Å². The molecule has 0 saturated heterocycles. The van der Waals surface area contributed by atoms with Gasteiger partial charge in [0.1, 0.15) is 0 Å². The van der Waals surface area contributed by atoms with Crippen molar-refractivity contribution in [2.75, 3.05) is 0 Å². The molecule has 1 nitrogen and oxygen atoms in total. The van der Waals surface area contributed by atoms with Crippen molar-refractivity contribution in [1.29, 1.82) is 0 Å². The van der Waals surface area contributed by atoms with Crippen molar-refractivity contribution in [2.24, 2.45) is 0 Å². The second-order valence-electron chi connectivity index (χ2n) is 3.24. The van der Waals surface area contributed by atoms with Crippen LogP contribution in [0.25, 0.3) is 24.8 Å². The van der Waals surface area contributed by atoms with Crippen molar-refractivity contribution in [2.45, 2.75) is 13.8 Å². The smallest absolute Gasteiger partial charge is 0.0458 e. The highest BCUT2D eigenvalue weighted by molar-refractivity contribution is 5.64. The van der Waals surface area contributed by atoms with Gasteiger partial charge in [-0.05, 0) is 19.9 Å². The summed E-state index contributed by atoms with van der Waals surface area (Å²) in [6, 6.07) is 0. The van der Waals surface area contributed by atoms with Crippen LogP contribution in [0.5, 0.6) is 0 Å². The van der Waals surface area contributed by atoms with E-state index >= 15 is 0 Å². The van der Waals surface area contributed by atoms with Gasteiger partial charge in [-0.1, -0.05) is 43.5 Å². The van der Waals surface area contributed by atoms with Gasteiger partial charge in [-0.2, -0.15) is 0 Å². The molecule has 0 spiro atoms. The molecule has 0 saturated carbocycles. The summed E-state index contributed by atoms with van der Waals surface area (Å²) in [6.45, 7) is 11.8. The number of aromatic amines is 1. The van der Waals surface area contributed by atoms with E-state index in [4.69, 9.17) is 0 Å². The van der Waals surface area contributed by atoms with Gasteiger partial charge in [-0.15, -0.1) is 0 Å². The first-order valence-electron chi connectivity index (χ1n) is 5.03. The molecule has 1 heterocycles. The van der Waals surface area contributed by atoms with Crippen molar-refractivity contribution >= 4 is 24.8 Å². The summed E-state index contributed by atoms with van der Waals surface area (Å²) in [7, 11) is 0. The number of hydrogen-bond acceptors (Lipinski definition) is 0. The molecular weight excluding hydrogens is 182 g/mol. The minimum atomic E-state index is 0.927. The Morgan fingerprint density at radius 3 is 2.47 bits per heavy atom. The first kappa shape index (κ1) is 11.3. The largest absolute Gasteiger partial charge is 0.355 e.